The van der Waals surface area contributed by atoms with Crippen LogP contribution < -0.4 is 25.4 Å². The molecule has 3 rings (SSSR count). The first-order valence-corrected chi connectivity index (χ1v) is 8.70. The number of nitrogen functional groups attached to an aromatic ring is 1. The number of rotatable bonds is 6. The van der Waals surface area contributed by atoms with Gasteiger partial charge in [-0.25, -0.2) is 4.98 Å². The van der Waals surface area contributed by atoms with Gasteiger partial charge in [0.25, 0.3) is 11.6 Å². The molecule has 2 amide bonds. The van der Waals surface area contributed by atoms with Gasteiger partial charge in [0.15, 0.2) is 17.7 Å². The molecule has 1 aliphatic rings. The van der Waals surface area contributed by atoms with Gasteiger partial charge >= 0.3 is 0 Å². The Morgan fingerprint density at radius 1 is 1.41 bits per heavy atom. The lowest BCUT2D eigenvalue weighted by molar-refractivity contribution is -0.384. The van der Waals surface area contributed by atoms with E-state index in [4.69, 9.17) is 15.2 Å². The molecule has 0 aliphatic carbocycles. The van der Waals surface area contributed by atoms with Crippen molar-refractivity contribution in [1.29, 1.82) is 0 Å². The van der Waals surface area contributed by atoms with E-state index >= 15 is 0 Å². The molecule has 3 N–H and O–H groups in total. The van der Waals surface area contributed by atoms with E-state index in [0.717, 1.165) is 4.90 Å². The Labute approximate surface area is 165 Å². The normalized spacial score (nSPS) is 15.3. The summed E-state index contributed by atoms with van der Waals surface area (Å²) in [5, 5.41) is 13.7. The zero-order valence-electron chi connectivity index (χ0n) is 15.7. The Morgan fingerprint density at radius 2 is 2.17 bits per heavy atom. The van der Waals surface area contributed by atoms with Gasteiger partial charge in [0.05, 0.1) is 18.1 Å². The molecule has 0 saturated carbocycles. The Morgan fingerprint density at radius 3 is 2.83 bits per heavy atom. The number of nitrogens with two attached hydrogens (primary N) is 1. The number of fused-ring (bicyclic) bond motifs is 1. The van der Waals surface area contributed by atoms with Crippen molar-refractivity contribution in [3.63, 3.8) is 0 Å². The van der Waals surface area contributed by atoms with Crippen LogP contribution in [0.25, 0.3) is 0 Å². The number of carbonyl (C=O) groups is 2. The molecule has 0 bridgehead atoms. The van der Waals surface area contributed by atoms with Crippen LogP contribution in [0.2, 0.25) is 0 Å². The summed E-state index contributed by atoms with van der Waals surface area (Å²) in [7, 11) is 1.38. The number of pyridine rings is 1. The summed E-state index contributed by atoms with van der Waals surface area (Å²) in [4.78, 5) is 41.2. The monoisotopic (exact) mass is 401 g/mol. The van der Waals surface area contributed by atoms with Crippen molar-refractivity contribution < 1.29 is 24.0 Å². The molecule has 1 aromatic heterocycles. The van der Waals surface area contributed by atoms with Crippen molar-refractivity contribution in [2.75, 3.05) is 29.6 Å². The van der Waals surface area contributed by atoms with Gasteiger partial charge in [0, 0.05) is 0 Å². The second kappa shape index (κ2) is 8.00. The lowest BCUT2D eigenvalue weighted by Gasteiger charge is -2.32. The Balaban J connectivity index is 1.86. The topological polar surface area (TPSA) is 150 Å². The molecular weight excluding hydrogens is 382 g/mol. The number of hydrogen-bond acceptors (Lipinski definition) is 8. The average Bonchev–Trinajstić information content (AvgIpc) is 2.70. The highest BCUT2D eigenvalue weighted by atomic mass is 16.6. The summed E-state index contributed by atoms with van der Waals surface area (Å²) >= 11 is 0. The van der Waals surface area contributed by atoms with E-state index in [1.807, 2.05) is 0 Å². The highest BCUT2D eigenvalue weighted by Gasteiger charge is 2.36. The van der Waals surface area contributed by atoms with Crippen LogP contribution in [0.1, 0.15) is 13.3 Å². The summed E-state index contributed by atoms with van der Waals surface area (Å²) < 4.78 is 10.6. The maximum atomic E-state index is 12.7. The SMILES string of the molecule is CCC1Oc2ccc(N)nc2N(CC(=O)Nc2ccc(OC)cc2[N+](=O)[O-])C1=O. The van der Waals surface area contributed by atoms with Crippen LogP contribution in [0.3, 0.4) is 0 Å². The Hall–Kier alpha value is -3.89. The lowest BCUT2D eigenvalue weighted by atomic mass is 10.2. The molecular formula is C18H19N5O6. The fraction of sp³-hybridized carbons (Fsp3) is 0.278. The maximum Gasteiger partial charge on any atom is 0.296 e. The minimum Gasteiger partial charge on any atom is -0.496 e. The Bertz CT molecular complexity index is 979. The van der Waals surface area contributed by atoms with Gasteiger partial charge in [-0.05, 0) is 30.7 Å². The van der Waals surface area contributed by atoms with E-state index in [0.29, 0.717) is 12.2 Å². The van der Waals surface area contributed by atoms with Crippen LogP contribution in [0.4, 0.5) is 23.0 Å². The molecule has 1 unspecified atom stereocenters. The highest BCUT2D eigenvalue weighted by Crippen LogP contribution is 2.34. The number of nitrogens with one attached hydrogen (secondary N) is 1. The molecule has 2 aromatic rings. The molecule has 0 saturated heterocycles. The van der Waals surface area contributed by atoms with Crippen molar-refractivity contribution in [3.05, 3.63) is 40.4 Å². The number of nitro benzene ring substituents is 1. The summed E-state index contributed by atoms with van der Waals surface area (Å²) in [6.07, 6.45) is -0.374. The maximum absolute atomic E-state index is 12.7. The third-order valence-corrected chi connectivity index (χ3v) is 4.28. The number of amides is 2. The smallest absolute Gasteiger partial charge is 0.296 e. The second-order valence-corrected chi connectivity index (χ2v) is 6.19. The fourth-order valence-corrected chi connectivity index (χ4v) is 2.86. The molecule has 1 atom stereocenters. The van der Waals surface area contributed by atoms with Crippen molar-refractivity contribution in [2.45, 2.75) is 19.4 Å². The first-order valence-electron chi connectivity index (χ1n) is 8.70. The molecule has 11 nitrogen and oxygen atoms in total. The molecule has 1 aliphatic heterocycles. The van der Waals surface area contributed by atoms with Gasteiger partial charge in [0.1, 0.15) is 23.8 Å². The molecule has 1 aromatic carbocycles. The largest absolute Gasteiger partial charge is 0.496 e. The van der Waals surface area contributed by atoms with Crippen molar-refractivity contribution in [1.82, 2.24) is 4.98 Å². The van der Waals surface area contributed by atoms with Crippen molar-refractivity contribution >= 4 is 34.8 Å². The first kappa shape index (κ1) is 19.9. The zero-order chi connectivity index (χ0) is 21.1. The van der Waals surface area contributed by atoms with Gasteiger partial charge in [0.2, 0.25) is 5.91 Å². The van der Waals surface area contributed by atoms with E-state index in [1.54, 1.807) is 13.0 Å². The number of benzene rings is 1. The summed E-state index contributed by atoms with van der Waals surface area (Å²) in [6.45, 7) is 1.36. The summed E-state index contributed by atoms with van der Waals surface area (Å²) in [5.74, 6) is -0.201. The van der Waals surface area contributed by atoms with Crippen LogP contribution in [0.5, 0.6) is 11.5 Å². The van der Waals surface area contributed by atoms with E-state index < -0.39 is 29.4 Å². The second-order valence-electron chi connectivity index (χ2n) is 6.19. The van der Waals surface area contributed by atoms with Gasteiger partial charge < -0.3 is 20.5 Å². The molecule has 29 heavy (non-hydrogen) atoms. The standard InChI is InChI=1S/C18H19N5O6/c1-3-13-18(25)22(17-14(29-13)6-7-15(19)21-17)9-16(24)20-11-5-4-10(28-2)8-12(11)23(26)27/h4-8,13H,3,9H2,1-2H3,(H2,19,21)(H,20,24). The number of nitro groups is 1. The molecule has 152 valence electrons. The quantitative estimate of drug-likeness (QED) is 0.549. The molecule has 2 heterocycles. The van der Waals surface area contributed by atoms with Crippen molar-refractivity contribution in [3.8, 4) is 11.5 Å². The summed E-state index contributed by atoms with van der Waals surface area (Å²) in [6, 6.07) is 7.13. The summed E-state index contributed by atoms with van der Waals surface area (Å²) in [5.41, 5.74) is 5.35. The van der Waals surface area contributed by atoms with E-state index in [1.165, 1.54) is 31.4 Å². The number of hydrogen-bond donors (Lipinski definition) is 2. The minimum absolute atomic E-state index is 0.0192. The molecule has 11 heteroatoms. The number of aromatic nitrogens is 1. The van der Waals surface area contributed by atoms with E-state index in [9.17, 15) is 19.7 Å². The predicted molar refractivity (Wildman–Crippen MR) is 104 cm³/mol. The highest BCUT2D eigenvalue weighted by molar-refractivity contribution is 6.06. The molecule has 0 spiro atoms. The van der Waals surface area contributed by atoms with Crippen LogP contribution in [-0.4, -0.2) is 41.5 Å². The van der Waals surface area contributed by atoms with Crippen molar-refractivity contribution in [2.24, 2.45) is 0 Å². The number of ether oxygens (including phenoxy) is 2. The predicted octanol–water partition coefficient (Wildman–Crippen LogP) is 1.72. The van der Waals surface area contributed by atoms with Crippen LogP contribution >= 0.6 is 0 Å². The van der Waals surface area contributed by atoms with Gasteiger partial charge in [-0.1, -0.05) is 6.92 Å². The van der Waals surface area contributed by atoms with Crippen LogP contribution in [-0.2, 0) is 9.59 Å². The average molecular weight is 401 g/mol. The van der Waals surface area contributed by atoms with Gasteiger partial charge in [-0.15, -0.1) is 0 Å². The van der Waals surface area contributed by atoms with E-state index in [2.05, 4.69) is 10.3 Å². The molecule has 0 radical (unpaired) electrons. The number of nitrogens with zero attached hydrogens (tertiary/aromatic N) is 3. The minimum atomic E-state index is -0.768. The lowest BCUT2D eigenvalue weighted by Crippen LogP contribution is -2.49. The number of methoxy groups -OCH3 is 1. The van der Waals surface area contributed by atoms with Gasteiger partial charge in [-0.3, -0.25) is 24.6 Å². The third-order valence-electron chi connectivity index (χ3n) is 4.28. The molecule has 0 fully saturated rings. The zero-order valence-corrected chi connectivity index (χ0v) is 15.7. The number of anilines is 3. The first-order chi connectivity index (χ1) is 13.8. The van der Waals surface area contributed by atoms with Crippen LogP contribution in [0, 0.1) is 10.1 Å². The number of carbonyl (C=O) groups excluding carboxylic acids is 2. The van der Waals surface area contributed by atoms with E-state index in [-0.39, 0.29) is 28.8 Å². The fourth-order valence-electron chi connectivity index (χ4n) is 2.86. The Kier molecular flexibility index (Phi) is 5.48. The third kappa shape index (κ3) is 4.03. The van der Waals surface area contributed by atoms with Crippen LogP contribution in [0.15, 0.2) is 30.3 Å². The van der Waals surface area contributed by atoms with Gasteiger partial charge in [-0.2, -0.15) is 0 Å².